The van der Waals surface area contributed by atoms with Crippen molar-refractivity contribution in [2.24, 2.45) is 5.92 Å². The summed E-state index contributed by atoms with van der Waals surface area (Å²) in [5.74, 6) is 1.61. The number of nitrogens with zero attached hydrogens (tertiary/aromatic N) is 1. The molecule has 0 spiro atoms. The monoisotopic (exact) mass is 228 g/mol. The van der Waals surface area contributed by atoms with E-state index in [0.717, 1.165) is 23.1 Å². The van der Waals surface area contributed by atoms with Crippen LogP contribution in [0.1, 0.15) is 12.8 Å². The van der Waals surface area contributed by atoms with E-state index >= 15 is 0 Å². The molecule has 0 aromatic rings. The molecule has 3 rings (SSSR count). The van der Waals surface area contributed by atoms with Gasteiger partial charge in [0, 0.05) is 12.1 Å². The van der Waals surface area contributed by atoms with Gasteiger partial charge in [-0.3, -0.25) is 0 Å². The first kappa shape index (κ1) is 10.5. The highest BCUT2D eigenvalue weighted by atomic mass is 16.5. The van der Waals surface area contributed by atoms with Crippen molar-refractivity contribution in [1.29, 1.82) is 0 Å². The Bertz CT molecular complexity index is 476. The lowest BCUT2D eigenvalue weighted by Gasteiger charge is -2.26. The summed E-state index contributed by atoms with van der Waals surface area (Å²) in [6.45, 7) is 3.60. The summed E-state index contributed by atoms with van der Waals surface area (Å²) in [4.78, 5) is 0. The van der Waals surface area contributed by atoms with Crippen molar-refractivity contribution in [3.8, 4) is 0 Å². The Morgan fingerprint density at radius 3 is 3.00 bits per heavy atom. The molecule has 1 fully saturated rings. The van der Waals surface area contributed by atoms with E-state index in [4.69, 9.17) is 4.74 Å². The standard InChI is InChI=1S/C14H16N2O/c1-3-4-10-7-12-9-13(11-5-6-11)15-16(12)14(8-10)17-2/h4,7-9,11,13,15H,1,5-6H2,2H3. The summed E-state index contributed by atoms with van der Waals surface area (Å²) >= 11 is 0. The van der Waals surface area contributed by atoms with Crippen LogP contribution in [0, 0.1) is 5.92 Å². The van der Waals surface area contributed by atoms with Gasteiger partial charge in [0.2, 0.25) is 5.88 Å². The van der Waals surface area contributed by atoms with Gasteiger partial charge in [-0.25, -0.2) is 10.4 Å². The number of ether oxygens (including phenoxy) is 1. The van der Waals surface area contributed by atoms with E-state index < -0.39 is 0 Å². The molecule has 2 aliphatic heterocycles. The van der Waals surface area contributed by atoms with Crippen LogP contribution in [0.15, 0.2) is 53.8 Å². The Hall–Kier alpha value is -1.70. The molecule has 0 bridgehead atoms. The molecular weight excluding hydrogens is 212 g/mol. The first-order valence-electron chi connectivity index (χ1n) is 5.93. The van der Waals surface area contributed by atoms with Crippen molar-refractivity contribution in [3.63, 3.8) is 0 Å². The summed E-state index contributed by atoms with van der Waals surface area (Å²) in [6.07, 6.45) is 10.9. The SMILES string of the molecule is C=C=CC1=CC2=CC(C3CC3)NN2C(OC)=C1. The van der Waals surface area contributed by atoms with Gasteiger partial charge in [-0.15, -0.1) is 5.73 Å². The van der Waals surface area contributed by atoms with E-state index in [2.05, 4.69) is 29.9 Å². The minimum Gasteiger partial charge on any atom is -0.481 e. The second-order valence-electron chi connectivity index (χ2n) is 4.60. The molecule has 88 valence electrons. The van der Waals surface area contributed by atoms with Crippen LogP contribution < -0.4 is 5.43 Å². The molecule has 3 aliphatic rings. The summed E-state index contributed by atoms with van der Waals surface area (Å²) < 4.78 is 5.40. The third kappa shape index (κ3) is 1.84. The quantitative estimate of drug-likeness (QED) is 0.750. The zero-order chi connectivity index (χ0) is 11.8. The number of rotatable bonds is 3. The van der Waals surface area contributed by atoms with Crippen LogP contribution in [0.25, 0.3) is 0 Å². The van der Waals surface area contributed by atoms with Crippen molar-refractivity contribution in [2.45, 2.75) is 18.9 Å². The van der Waals surface area contributed by atoms with E-state index in [0.29, 0.717) is 6.04 Å². The first-order chi connectivity index (χ1) is 8.31. The van der Waals surface area contributed by atoms with Crippen LogP contribution in [-0.2, 0) is 4.74 Å². The molecule has 0 amide bonds. The second kappa shape index (κ2) is 3.95. The third-order valence-corrected chi connectivity index (χ3v) is 3.32. The Balaban J connectivity index is 1.92. The fourth-order valence-corrected chi connectivity index (χ4v) is 2.29. The molecule has 1 N–H and O–H groups in total. The van der Waals surface area contributed by atoms with Crippen molar-refractivity contribution in [2.75, 3.05) is 7.11 Å². The largest absolute Gasteiger partial charge is 0.481 e. The van der Waals surface area contributed by atoms with Gasteiger partial charge in [0.1, 0.15) is 0 Å². The number of methoxy groups -OCH3 is 1. The normalized spacial score (nSPS) is 26.5. The topological polar surface area (TPSA) is 24.5 Å². The number of allylic oxidation sites excluding steroid dienone is 4. The smallest absolute Gasteiger partial charge is 0.209 e. The molecule has 0 saturated heterocycles. The summed E-state index contributed by atoms with van der Waals surface area (Å²) in [7, 11) is 1.69. The van der Waals surface area contributed by atoms with E-state index in [-0.39, 0.29) is 0 Å². The van der Waals surface area contributed by atoms with Gasteiger partial charge in [-0.05, 0) is 42.6 Å². The number of fused-ring (bicyclic) bond motifs is 1. The van der Waals surface area contributed by atoms with Crippen LogP contribution >= 0.6 is 0 Å². The third-order valence-electron chi connectivity index (χ3n) is 3.32. The predicted octanol–water partition coefficient (Wildman–Crippen LogP) is 2.24. The van der Waals surface area contributed by atoms with Gasteiger partial charge in [0.25, 0.3) is 0 Å². The summed E-state index contributed by atoms with van der Waals surface area (Å²) in [5, 5.41) is 2.02. The molecule has 0 aromatic carbocycles. The van der Waals surface area contributed by atoms with Crippen LogP contribution in [0.3, 0.4) is 0 Å². The fraction of sp³-hybridized carbons (Fsp3) is 0.357. The molecular formula is C14H16N2O. The number of hydrazine groups is 1. The van der Waals surface area contributed by atoms with Gasteiger partial charge in [0.15, 0.2) is 0 Å². The molecule has 3 nitrogen and oxygen atoms in total. The van der Waals surface area contributed by atoms with Crippen molar-refractivity contribution >= 4 is 0 Å². The average molecular weight is 228 g/mol. The zero-order valence-corrected chi connectivity index (χ0v) is 9.94. The molecule has 1 aliphatic carbocycles. The molecule has 1 saturated carbocycles. The Morgan fingerprint density at radius 2 is 2.35 bits per heavy atom. The van der Waals surface area contributed by atoms with E-state index in [1.54, 1.807) is 7.11 Å². The predicted molar refractivity (Wildman–Crippen MR) is 66.5 cm³/mol. The summed E-state index contributed by atoms with van der Waals surface area (Å²) in [5.41, 5.74) is 8.49. The fourth-order valence-electron chi connectivity index (χ4n) is 2.29. The lowest BCUT2D eigenvalue weighted by atomic mass is 10.1. The molecule has 1 atom stereocenters. The van der Waals surface area contributed by atoms with Gasteiger partial charge in [-0.2, -0.15) is 0 Å². The van der Waals surface area contributed by atoms with Crippen molar-refractivity contribution in [3.05, 3.63) is 53.8 Å². The minimum absolute atomic E-state index is 0.451. The lowest BCUT2D eigenvalue weighted by Crippen LogP contribution is -2.38. The molecule has 1 unspecified atom stereocenters. The first-order valence-corrected chi connectivity index (χ1v) is 5.93. The van der Waals surface area contributed by atoms with E-state index in [1.165, 1.54) is 12.8 Å². The Kier molecular flexibility index (Phi) is 2.43. The summed E-state index contributed by atoms with van der Waals surface area (Å²) in [6, 6.07) is 0.451. The number of nitrogens with one attached hydrogen (secondary N) is 1. The minimum atomic E-state index is 0.451. The number of hydrogen-bond acceptors (Lipinski definition) is 3. The number of hydrogen-bond donors (Lipinski definition) is 1. The van der Waals surface area contributed by atoms with Crippen LogP contribution in [-0.4, -0.2) is 18.2 Å². The van der Waals surface area contributed by atoms with Crippen LogP contribution in [0.2, 0.25) is 0 Å². The average Bonchev–Trinajstić information content (AvgIpc) is 3.09. The van der Waals surface area contributed by atoms with Crippen LogP contribution in [0.5, 0.6) is 0 Å². The maximum atomic E-state index is 5.40. The molecule has 0 aromatic heterocycles. The molecule has 2 heterocycles. The van der Waals surface area contributed by atoms with Crippen LogP contribution in [0.4, 0.5) is 0 Å². The highest BCUT2D eigenvalue weighted by Crippen LogP contribution is 2.38. The maximum absolute atomic E-state index is 5.40. The van der Waals surface area contributed by atoms with Crippen molar-refractivity contribution in [1.82, 2.24) is 10.4 Å². The Morgan fingerprint density at radius 1 is 1.53 bits per heavy atom. The van der Waals surface area contributed by atoms with E-state index in [1.807, 2.05) is 17.2 Å². The van der Waals surface area contributed by atoms with Gasteiger partial charge < -0.3 is 4.74 Å². The highest BCUT2D eigenvalue weighted by molar-refractivity contribution is 5.44. The van der Waals surface area contributed by atoms with E-state index in [9.17, 15) is 0 Å². The highest BCUT2D eigenvalue weighted by Gasteiger charge is 2.37. The lowest BCUT2D eigenvalue weighted by molar-refractivity contribution is 0.143. The zero-order valence-electron chi connectivity index (χ0n) is 9.94. The second-order valence-corrected chi connectivity index (χ2v) is 4.60. The Labute approximate surface area is 101 Å². The molecule has 17 heavy (non-hydrogen) atoms. The molecule has 0 radical (unpaired) electrons. The van der Waals surface area contributed by atoms with Gasteiger partial charge in [-0.1, -0.05) is 6.58 Å². The van der Waals surface area contributed by atoms with Gasteiger partial charge in [0.05, 0.1) is 12.8 Å². The maximum Gasteiger partial charge on any atom is 0.209 e. The van der Waals surface area contributed by atoms with Gasteiger partial charge >= 0.3 is 0 Å². The molecule has 3 heteroatoms. The van der Waals surface area contributed by atoms with Crippen molar-refractivity contribution < 1.29 is 4.74 Å².